The number of hydrogen-bond donors (Lipinski definition) is 3. The molecule has 4 rings (SSSR count). The normalized spacial score (nSPS) is 16.4. The number of carboxylic acids is 1. The van der Waals surface area contributed by atoms with Gasteiger partial charge in [-0.15, -0.1) is 0 Å². The summed E-state index contributed by atoms with van der Waals surface area (Å²) in [7, 11) is 0. The van der Waals surface area contributed by atoms with Crippen LogP contribution in [0.5, 0.6) is 0 Å². The SMILES string of the molecule is CC(CCNC(=O)C(CNC(=O)OCC1c2ccccc2-c2ccccc21)C1CCC1)CC(=O)O. The predicted molar refractivity (Wildman–Crippen MR) is 133 cm³/mol. The van der Waals surface area contributed by atoms with Gasteiger partial charge in [-0.25, -0.2) is 4.79 Å². The van der Waals surface area contributed by atoms with E-state index >= 15 is 0 Å². The monoisotopic (exact) mass is 478 g/mol. The summed E-state index contributed by atoms with van der Waals surface area (Å²) in [5, 5.41) is 14.6. The summed E-state index contributed by atoms with van der Waals surface area (Å²) in [5.41, 5.74) is 4.67. The lowest BCUT2D eigenvalue weighted by Gasteiger charge is -2.33. The van der Waals surface area contributed by atoms with Crippen molar-refractivity contribution in [2.24, 2.45) is 17.8 Å². The molecule has 0 aliphatic heterocycles. The van der Waals surface area contributed by atoms with Crippen molar-refractivity contribution in [3.05, 3.63) is 59.7 Å². The van der Waals surface area contributed by atoms with Crippen LogP contribution in [0, 0.1) is 17.8 Å². The Hall–Kier alpha value is -3.35. The van der Waals surface area contributed by atoms with Crippen molar-refractivity contribution in [1.82, 2.24) is 10.6 Å². The second-order valence-corrected chi connectivity index (χ2v) is 9.79. The quantitative estimate of drug-likeness (QED) is 0.439. The molecule has 0 saturated heterocycles. The minimum Gasteiger partial charge on any atom is -0.481 e. The van der Waals surface area contributed by atoms with E-state index in [0.717, 1.165) is 30.4 Å². The van der Waals surface area contributed by atoms with Gasteiger partial charge in [0, 0.05) is 25.4 Å². The molecule has 2 aliphatic rings. The molecule has 2 aliphatic carbocycles. The second-order valence-electron chi connectivity index (χ2n) is 9.79. The lowest BCUT2D eigenvalue weighted by Crippen LogP contribution is -2.44. The van der Waals surface area contributed by atoms with Crippen molar-refractivity contribution in [3.63, 3.8) is 0 Å². The Kier molecular flexibility index (Phi) is 8.06. The van der Waals surface area contributed by atoms with Gasteiger partial charge in [0.05, 0.1) is 5.92 Å². The molecule has 3 N–H and O–H groups in total. The first kappa shape index (κ1) is 24.8. The van der Waals surface area contributed by atoms with Crippen molar-refractivity contribution in [2.45, 2.75) is 44.9 Å². The summed E-state index contributed by atoms with van der Waals surface area (Å²) >= 11 is 0. The van der Waals surface area contributed by atoms with Crippen molar-refractivity contribution >= 4 is 18.0 Å². The molecule has 7 heteroatoms. The number of ether oxygens (including phenoxy) is 1. The van der Waals surface area contributed by atoms with E-state index in [1.54, 1.807) is 0 Å². The number of aliphatic carboxylic acids is 1. The van der Waals surface area contributed by atoms with Crippen LogP contribution in [-0.4, -0.2) is 42.8 Å². The Labute approximate surface area is 206 Å². The number of alkyl carbamates (subject to hydrolysis) is 1. The Bertz CT molecular complexity index is 1020. The molecule has 35 heavy (non-hydrogen) atoms. The third-order valence-corrected chi connectivity index (χ3v) is 7.33. The molecule has 0 bridgehead atoms. The fourth-order valence-electron chi connectivity index (χ4n) is 5.13. The highest BCUT2D eigenvalue weighted by Crippen LogP contribution is 2.44. The number of carbonyl (C=O) groups is 3. The number of benzene rings is 2. The van der Waals surface area contributed by atoms with Gasteiger partial charge in [0.1, 0.15) is 6.61 Å². The first-order valence-electron chi connectivity index (χ1n) is 12.5. The van der Waals surface area contributed by atoms with Gasteiger partial charge >= 0.3 is 12.1 Å². The van der Waals surface area contributed by atoms with Gasteiger partial charge in [0.2, 0.25) is 5.91 Å². The molecule has 1 saturated carbocycles. The van der Waals surface area contributed by atoms with E-state index in [1.165, 1.54) is 11.1 Å². The molecule has 0 radical (unpaired) electrons. The fraction of sp³-hybridized carbons (Fsp3) is 0.464. The zero-order valence-corrected chi connectivity index (χ0v) is 20.2. The topological polar surface area (TPSA) is 105 Å². The maximum atomic E-state index is 12.8. The minimum absolute atomic E-state index is 0.00564. The van der Waals surface area contributed by atoms with Crippen LogP contribution in [0.4, 0.5) is 4.79 Å². The summed E-state index contributed by atoms with van der Waals surface area (Å²) in [6, 6.07) is 16.4. The molecule has 0 aromatic heterocycles. The average molecular weight is 479 g/mol. The summed E-state index contributed by atoms with van der Waals surface area (Å²) in [4.78, 5) is 36.2. The van der Waals surface area contributed by atoms with Crippen LogP contribution >= 0.6 is 0 Å². The third-order valence-electron chi connectivity index (χ3n) is 7.33. The number of hydrogen-bond acceptors (Lipinski definition) is 4. The molecule has 2 aromatic rings. The summed E-state index contributed by atoms with van der Waals surface area (Å²) in [6.45, 7) is 2.77. The molecule has 2 unspecified atom stereocenters. The van der Waals surface area contributed by atoms with Gasteiger partial charge in [-0.3, -0.25) is 9.59 Å². The van der Waals surface area contributed by atoms with Gasteiger partial charge in [0.15, 0.2) is 0 Å². The number of amides is 2. The van der Waals surface area contributed by atoms with Gasteiger partial charge in [-0.1, -0.05) is 61.9 Å². The van der Waals surface area contributed by atoms with E-state index in [-0.39, 0.29) is 49.2 Å². The highest BCUT2D eigenvalue weighted by Gasteiger charge is 2.33. The van der Waals surface area contributed by atoms with Gasteiger partial charge in [-0.2, -0.15) is 0 Å². The molecule has 186 valence electrons. The molecule has 0 spiro atoms. The maximum Gasteiger partial charge on any atom is 0.407 e. The molecule has 7 nitrogen and oxygen atoms in total. The third kappa shape index (κ3) is 6.02. The van der Waals surface area contributed by atoms with Crippen LogP contribution in [0.3, 0.4) is 0 Å². The number of nitrogens with one attached hydrogen (secondary N) is 2. The minimum atomic E-state index is -0.830. The van der Waals surface area contributed by atoms with Crippen LogP contribution in [0.15, 0.2) is 48.5 Å². The van der Waals surface area contributed by atoms with Crippen LogP contribution in [0.2, 0.25) is 0 Å². The molecule has 1 fully saturated rings. The Morgan fingerprint density at radius 3 is 2.20 bits per heavy atom. The fourth-order valence-corrected chi connectivity index (χ4v) is 5.13. The van der Waals surface area contributed by atoms with E-state index in [9.17, 15) is 14.4 Å². The van der Waals surface area contributed by atoms with E-state index < -0.39 is 12.1 Å². The van der Waals surface area contributed by atoms with Crippen molar-refractivity contribution in [1.29, 1.82) is 0 Å². The van der Waals surface area contributed by atoms with Crippen LogP contribution in [0.1, 0.15) is 56.1 Å². The van der Waals surface area contributed by atoms with Gasteiger partial charge in [-0.05, 0) is 53.4 Å². The highest BCUT2D eigenvalue weighted by atomic mass is 16.5. The summed E-state index contributed by atoms with van der Waals surface area (Å²) in [6.07, 6.45) is 3.22. The molecule has 0 heterocycles. The number of carboxylic acid groups (broad SMARTS) is 1. The number of rotatable bonds is 11. The molecule has 2 amide bonds. The van der Waals surface area contributed by atoms with Gasteiger partial charge < -0.3 is 20.5 Å². The first-order chi connectivity index (χ1) is 16.9. The highest BCUT2D eigenvalue weighted by molar-refractivity contribution is 5.80. The zero-order valence-electron chi connectivity index (χ0n) is 20.2. The smallest absolute Gasteiger partial charge is 0.407 e. The maximum absolute atomic E-state index is 12.8. The van der Waals surface area contributed by atoms with E-state index in [0.29, 0.717) is 13.0 Å². The molecule has 2 atom stereocenters. The number of fused-ring (bicyclic) bond motifs is 3. The van der Waals surface area contributed by atoms with E-state index in [2.05, 4.69) is 34.9 Å². The van der Waals surface area contributed by atoms with Crippen molar-refractivity contribution in [3.8, 4) is 11.1 Å². The average Bonchev–Trinajstić information content (AvgIpc) is 3.12. The van der Waals surface area contributed by atoms with Crippen LogP contribution in [0.25, 0.3) is 11.1 Å². The summed E-state index contributed by atoms with van der Waals surface area (Å²) < 4.78 is 5.61. The first-order valence-corrected chi connectivity index (χ1v) is 12.5. The predicted octanol–water partition coefficient (Wildman–Crippen LogP) is 4.56. The largest absolute Gasteiger partial charge is 0.481 e. The Morgan fingerprint density at radius 1 is 1.00 bits per heavy atom. The van der Waals surface area contributed by atoms with E-state index in [1.807, 2.05) is 31.2 Å². The van der Waals surface area contributed by atoms with Crippen LogP contribution < -0.4 is 10.6 Å². The molecule has 2 aromatic carbocycles. The van der Waals surface area contributed by atoms with Crippen molar-refractivity contribution in [2.75, 3.05) is 19.7 Å². The lowest BCUT2D eigenvalue weighted by atomic mass is 9.75. The van der Waals surface area contributed by atoms with Gasteiger partial charge in [0.25, 0.3) is 0 Å². The Balaban J connectivity index is 1.28. The number of carbonyl (C=O) groups excluding carboxylic acids is 2. The summed E-state index contributed by atoms with van der Waals surface area (Å²) in [5.74, 6) is -0.987. The Morgan fingerprint density at radius 2 is 1.63 bits per heavy atom. The molecular weight excluding hydrogens is 444 g/mol. The van der Waals surface area contributed by atoms with Crippen molar-refractivity contribution < 1.29 is 24.2 Å². The van der Waals surface area contributed by atoms with E-state index in [4.69, 9.17) is 9.84 Å². The second kappa shape index (κ2) is 11.4. The zero-order chi connectivity index (χ0) is 24.8. The standard InChI is InChI=1S/C28H34N2O5/c1-18(15-26(31)32)13-14-29-27(33)24(19-7-6-8-19)16-30-28(34)35-17-25-22-11-4-2-9-20(22)21-10-3-5-12-23(21)25/h2-5,9-12,18-19,24-25H,6-8,13-17H2,1H3,(H,29,33)(H,30,34)(H,31,32). The molecular formula is C28H34N2O5. The lowest BCUT2D eigenvalue weighted by molar-refractivity contribution is -0.138. The van der Waals surface area contributed by atoms with Crippen LogP contribution in [-0.2, 0) is 14.3 Å².